The van der Waals surface area contributed by atoms with Gasteiger partial charge in [-0.1, -0.05) is 18.2 Å². The number of piperazine rings is 1. The van der Waals surface area contributed by atoms with Crippen LogP contribution in [0.4, 0.5) is 10.6 Å². The number of amides is 1. The van der Waals surface area contributed by atoms with Crippen molar-refractivity contribution in [3.8, 4) is 0 Å². The van der Waals surface area contributed by atoms with Gasteiger partial charge in [0.05, 0.1) is 11.0 Å². The monoisotopic (exact) mass is 404 g/mol. The molecule has 1 atom stereocenters. The molecular weight excluding hydrogens is 376 g/mol. The van der Waals surface area contributed by atoms with Crippen molar-refractivity contribution in [1.82, 2.24) is 24.3 Å². The fourth-order valence-corrected chi connectivity index (χ4v) is 4.65. The van der Waals surface area contributed by atoms with Gasteiger partial charge in [0.15, 0.2) is 0 Å². The highest BCUT2D eigenvalue weighted by molar-refractivity contribution is 5.91. The first kappa shape index (κ1) is 19.1. The van der Waals surface area contributed by atoms with E-state index in [2.05, 4.69) is 27.8 Å². The van der Waals surface area contributed by atoms with Gasteiger partial charge in [-0.3, -0.25) is 4.90 Å². The van der Waals surface area contributed by atoms with Crippen molar-refractivity contribution in [3.05, 3.63) is 54.5 Å². The number of benzene rings is 1. The Kier molecular flexibility index (Phi) is 5.12. The van der Waals surface area contributed by atoms with Gasteiger partial charge in [0.1, 0.15) is 11.6 Å². The first-order valence-corrected chi connectivity index (χ1v) is 10.9. The SMILES string of the molecule is CCN1CC(CCN2CCN(c3ccccn3)CC2)c2nc3ccccc3n2C1=O. The third kappa shape index (κ3) is 3.43. The lowest BCUT2D eigenvalue weighted by Gasteiger charge is -2.37. The molecule has 1 unspecified atom stereocenters. The first-order chi connectivity index (χ1) is 14.7. The number of carbonyl (C=O) groups excluding carboxylic acids is 1. The van der Waals surface area contributed by atoms with Gasteiger partial charge in [-0.15, -0.1) is 0 Å². The molecule has 5 rings (SSSR count). The second-order valence-electron chi connectivity index (χ2n) is 8.12. The fourth-order valence-electron chi connectivity index (χ4n) is 4.65. The number of nitrogens with zero attached hydrogens (tertiary/aromatic N) is 6. The molecule has 1 amide bonds. The van der Waals surface area contributed by atoms with Crippen LogP contribution in [0.1, 0.15) is 25.1 Å². The van der Waals surface area contributed by atoms with Gasteiger partial charge in [0.25, 0.3) is 0 Å². The number of hydrogen-bond donors (Lipinski definition) is 0. The van der Waals surface area contributed by atoms with Crippen LogP contribution in [-0.2, 0) is 0 Å². The first-order valence-electron chi connectivity index (χ1n) is 10.9. The smallest absolute Gasteiger partial charge is 0.330 e. The Bertz CT molecular complexity index is 1020. The number of anilines is 1. The molecule has 0 saturated carbocycles. The van der Waals surface area contributed by atoms with E-state index in [-0.39, 0.29) is 11.9 Å². The van der Waals surface area contributed by atoms with Gasteiger partial charge in [0.2, 0.25) is 0 Å². The zero-order valence-electron chi connectivity index (χ0n) is 17.4. The van der Waals surface area contributed by atoms with E-state index in [0.29, 0.717) is 0 Å². The normalized spacial score (nSPS) is 20.0. The Labute approximate surface area is 176 Å². The topological polar surface area (TPSA) is 57.5 Å². The highest BCUT2D eigenvalue weighted by Gasteiger charge is 2.33. The van der Waals surface area contributed by atoms with Crippen molar-refractivity contribution in [2.24, 2.45) is 0 Å². The molecule has 7 heteroatoms. The van der Waals surface area contributed by atoms with Gasteiger partial charge in [-0.2, -0.15) is 0 Å². The minimum Gasteiger partial charge on any atom is -0.354 e. The van der Waals surface area contributed by atoms with Crippen LogP contribution in [0.5, 0.6) is 0 Å². The van der Waals surface area contributed by atoms with Crippen molar-refractivity contribution in [2.75, 3.05) is 50.7 Å². The molecule has 30 heavy (non-hydrogen) atoms. The van der Waals surface area contributed by atoms with E-state index in [9.17, 15) is 4.79 Å². The molecule has 0 N–H and O–H groups in total. The third-order valence-electron chi connectivity index (χ3n) is 6.38. The van der Waals surface area contributed by atoms with E-state index in [1.165, 1.54) is 0 Å². The molecule has 2 aromatic heterocycles. The molecule has 2 aliphatic rings. The standard InChI is InChI=1S/C23H28N6O/c1-2-27-17-18(22-25-19-7-3-4-8-20(19)29(22)23(27)30)10-12-26-13-15-28(16-14-26)21-9-5-6-11-24-21/h3-9,11,18H,2,10,12-17H2,1H3. The average molecular weight is 405 g/mol. The molecule has 1 aromatic carbocycles. The molecule has 0 radical (unpaired) electrons. The molecule has 7 nitrogen and oxygen atoms in total. The number of aromatic nitrogens is 3. The summed E-state index contributed by atoms with van der Waals surface area (Å²) in [5.74, 6) is 2.26. The molecule has 1 fully saturated rings. The summed E-state index contributed by atoms with van der Waals surface area (Å²) >= 11 is 0. The van der Waals surface area contributed by atoms with E-state index in [0.717, 1.165) is 74.9 Å². The number of fused-ring (bicyclic) bond motifs is 3. The summed E-state index contributed by atoms with van der Waals surface area (Å²) in [5, 5.41) is 0. The summed E-state index contributed by atoms with van der Waals surface area (Å²) in [6, 6.07) is 14.1. The average Bonchev–Trinajstić information content (AvgIpc) is 3.20. The van der Waals surface area contributed by atoms with Crippen molar-refractivity contribution < 1.29 is 4.79 Å². The van der Waals surface area contributed by atoms with E-state index in [1.807, 2.05) is 52.1 Å². The lowest BCUT2D eigenvalue weighted by atomic mass is 10.0. The lowest BCUT2D eigenvalue weighted by Crippen LogP contribution is -2.48. The summed E-state index contributed by atoms with van der Waals surface area (Å²) < 4.78 is 1.84. The van der Waals surface area contributed by atoms with E-state index < -0.39 is 0 Å². The molecule has 1 saturated heterocycles. The summed E-state index contributed by atoms with van der Waals surface area (Å²) in [4.78, 5) is 29.1. The van der Waals surface area contributed by atoms with Gasteiger partial charge in [-0.05, 0) is 44.2 Å². The highest BCUT2D eigenvalue weighted by atomic mass is 16.2. The van der Waals surface area contributed by atoms with Gasteiger partial charge in [0, 0.05) is 51.4 Å². The van der Waals surface area contributed by atoms with Gasteiger partial charge in [-0.25, -0.2) is 19.3 Å². The Morgan fingerprint density at radius 1 is 1.03 bits per heavy atom. The molecule has 0 aliphatic carbocycles. The Hall–Kier alpha value is -2.93. The van der Waals surface area contributed by atoms with Gasteiger partial charge < -0.3 is 9.80 Å². The number of para-hydroxylation sites is 2. The van der Waals surface area contributed by atoms with Crippen LogP contribution in [0.2, 0.25) is 0 Å². The quantitative estimate of drug-likeness (QED) is 0.654. The number of carbonyl (C=O) groups is 1. The van der Waals surface area contributed by atoms with Crippen LogP contribution >= 0.6 is 0 Å². The molecular formula is C23H28N6O. The Morgan fingerprint density at radius 2 is 1.83 bits per heavy atom. The zero-order chi connectivity index (χ0) is 20.5. The van der Waals surface area contributed by atoms with Crippen molar-refractivity contribution >= 4 is 22.9 Å². The van der Waals surface area contributed by atoms with E-state index in [4.69, 9.17) is 4.98 Å². The third-order valence-corrected chi connectivity index (χ3v) is 6.38. The van der Waals surface area contributed by atoms with Crippen molar-refractivity contribution in [2.45, 2.75) is 19.3 Å². The van der Waals surface area contributed by atoms with E-state index in [1.54, 1.807) is 0 Å². The van der Waals surface area contributed by atoms with Crippen LogP contribution in [-0.4, -0.2) is 76.2 Å². The minimum atomic E-state index is 0.0569. The summed E-state index contributed by atoms with van der Waals surface area (Å²) in [7, 11) is 0. The predicted molar refractivity (Wildman–Crippen MR) is 118 cm³/mol. The number of hydrogen-bond acceptors (Lipinski definition) is 5. The molecule has 0 spiro atoms. The van der Waals surface area contributed by atoms with Gasteiger partial charge >= 0.3 is 6.03 Å². The Morgan fingerprint density at radius 3 is 2.60 bits per heavy atom. The highest BCUT2D eigenvalue weighted by Crippen LogP contribution is 2.30. The lowest BCUT2D eigenvalue weighted by molar-refractivity contribution is 0.180. The van der Waals surface area contributed by atoms with Crippen LogP contribution in [0, 0.1) is 0 Å². The zero-order valence-corrected chi connectivity index (χ0v) is 17.4. The molecule has 3 aromatic rings. The maximum Gasteiger partial charge on any atom is 0.330 e. The van der Waals surface area contributed by atoms with E-state index >= 15 is 0 Å². The largest absolute Gasteiger partial charge is 0.354 e. The number of pyridine rings is 1. The molecule has 2 aliphatic heterocycles. The fraction of sp³-hybridized carbons (Fsp3) is 0.435. The maximum atomic E-state index is 13.0. The summed E-state index contributed by atoms with van der Waals surface area (Å²) in [6.45, 7) is 8.63. The number of likely N-dealkylation sites (N-methyl/N-ethyl adjacent to an activating group) is 1. The summed E-state index contributed by atoms with van der Waals surface area (Å²) in [5.41, 5.74) is 1.83. The van der Waals surface area contributed by atoms with Crippen LogP contribution in [0.15, 0.2) is 48.7 Å². The van der Waals surface area contributed by atoms with Crippen LogP contribution in [0.25, 0.3) is 11.0 Å². The summed E-state index contributed by atoms with van der Waals surface area (Å²) in [6.07, 6.45) is 2.87. The number of imidazole rings is 1. The predicted octanol–water partition coefficient (Wildman–Crippen LogP) is 3.03. The molecule has 4 heterocycles. The molecule has 0 bridgehead atoms. The Balaban J connectivity index is 1.28. The molecule has 156 valence electrons. The maximum absolute atomic E-state index is 13.0. The van der Waals surface area contributed by atoms with Crippen molar-refractivity contribution in [1.29, 1.82) is 0 Å². The second kappa shape index (κ2) is 8.07. The van der Waals surface area contributed by atoms with Crippen LogP contribution < -0.4 is 4.90 Å². The minimum absolute atomic E-state index is 0.0569. The van der Waals surface area contributed by atoms with Crippen molar-refractivity contribution in [3.63, 3.8) is 0 Å². The second-order valence-corrected chi connectivity index (χ2v) is 8.12. The number of rotatable bonds is 5. The van der Waals surface area contributed by atoms with Crippen LogP contribution in [0.3, 0.4) is 0 Å².